The molecule has 88 valence electrons. The first-order chi connectivity index (χ1) is 8.15. The lowest BCUT2D eigenvalue weighted by molar-refractivity contribution is 0.102. The zero-order valence-electron chi connectivity index (χ0n) is 9.77. The largest absolute Gasteiger partial charge is 0.294 e. The molecule has 2 rings (SSSR count). The van der Waals surface area contributed by atoms with Crippen molar-refractivity contribution in [3.05, 3.63) is 45.9 Å². The van der Waals surface area contributed by atoms with Crippen LogP contribution in [0.4, 0.5) is 0 Å². The molecule has 0 atom stereocenters. The highest BCUT2D eigenvalue weighted by Gasteiger charge is 2.06. The second-order valence-electron chi connectivity index (χ2n) is 3.78. The SMILES string of the molecule is CC(=O)c1cnc(CSc2ccc(C)cc2)s1. The van der Waals surface area contributed by atoms with Crippen LogP contribution in [0, 0.1) is 6.92 Å². The van der Waals surface area contributed by atoms with Gasteiger partial charge >= 0.3 is 0 Å². The average molecular weight is 263 g/mol. The molecule has 2 aromatic rings. The van der Waals surface area contributed by atoms with E-state index in [2.05, 4.69) is 36.2 Å². The topological polar surface area (TPSA) is 30.0 Å². The third kappa shape index (κ3) is 3.41. The molecule has 0 radical (unpaired) electrons. The van der Waals surface area contributed by atoms with Gasteiger partial charge in [-0.05, 0) is 19.1 Å². The van der Waals surface area contributed by atoms with E-state index in [9.17, 15) is 4.79 Å². The van der Waals surface area contributed by atoms with Crippen LogP contribution in [0.1, 0.15) is 27.2 Å². The van der Waals surface area contributed by atoms with Crippen molar-refractivity contribution >= 4 is 28.9 Å². The molecule has 0 N–H and O–H groups in total. The summed E-state index contributed by atoms with van der Waals surface area (Å²) in [5.41, 5.74) is 1.27. The van der Waals surface area contributed by atoms with Gasteiger partial charge in [-0.1, -0.05) is 17.7 Å². The number of aromatic nitrogens is 1. The third-order valence-electron chi connectivity index (χ3n) is 2.28. The molecule has 17 heavy (non-hydrogen) atoms. The summed E-state index contributed by atoms with van der Waals surface area (Å²) in [6.07, 6.45) is 1.66. The van der Waals surface area contributed by atoms with Gasteiger partial charge in [0, 0.05) is 18.0 Å². The van der Waals surface area contributed by atoms with Gasteiger partial charge in [0.15, 0.2) is 5.78 Å². The Morgan fingerprint density at radius 3 is 2.65 bits per heavy atom. The molecule has 0 saturated carbocycles. The number of rotatable bonds is 4. The Labute approximate surface area is 109 Å². The van der Waals surface area contributed by atoms with Crippen molar-refractivity contribution in [1.82, 2.24) is 4.98 Å². The van der Waals surface area contributed by atoms with Crippen LogP contribution in [0.2, 0.25) is 0 Å². The molecule has 0 unspecified atom stereocenters. The van der Waals surface area contributed by atoms with Crippen LogP contribution in [0.25, 0.3) is 0 Å². The average Bonchev–Trinajstić information content (AvgIpc) is 2.77. The van der Waals surface area contributed by atoms with Gasteiger partial charge in [-0.3, -0.25) is 4.79 Å². The first kappa shape index (κ1) is 12.3. The summed E-state index contributed by atoms with van der Waals surface area (Å²) in [4.78, 5) is 17.4. The Hall–Kier alpha value is -1.13. The van der Waals surface area contributed by atoms with Gasteiger partial charge in [0.25, 0.3) is 0 Å². The van der Waals surface area contributed by atoms with E-state index in [-0.39, 0.29) is 5.78 Å². The van der Waals surface area contributed by atoms with E-state index in [4.69, 9.17) is 0 Å². The van der Waals surface area contributed by atoms with Crippen LogP contribution >= 0.6 is 23.1 Å². The summed E-state index contributed by atoms with van der Waals surface area (Å²) in [5, 5.41) is 1.00. The summed E-state index contributed by atoms with van der Waals surface area (Å²) < 4.78 is 0. The molecule has 0 fully saturated rings. The van der Waals surface area contributed by atoms with Gasteiger partial charge in [0.05, 0.1) is 10.6 Å². The van der Waals surface area contributed by atoms with E-state index in [0.29, 0.717) is 0 Å². The van der Waals surface area contributed by atoms with Crippen molar-refractivity contribution < 1.29 is 4.79 Å². The van der Waals surface area contributed by atoms with Crippen molar-refractivity contribution in [3.8, 4) is 0 Å². The number of Topliss-reactive ketones (excluding diaryl/α,β-unsaturated/α-hetero) is 1. The van der Waals surface area contributed by atoms with E-state index in [1.54, 1.807) is 24.9 Å². The fraction of sp³-hybridized carbons (Fsp3) is 0.231. The summed E-state index contributed by atoms with van der Waals surface area (Å²) in [6, 6.07) is 8.43. The highest BCUT2D eigenvalue weighted by atomic mass is 32.2. The van der Waals surface area contributed by atoms with Crippen LogP contribution < -0.4 is 0 Å². The standard InChI is InChI=1S/C13H13NOS2/c1-9-3-5-11(6-4-9)16-8-13-14-7-12(17-13)10(2)15/h3-7H,8H2,1-2H3. The number of ketones is 1. The Bertz CT molecular complexity index is 516. The monoisotopic (exact) mass is 263 g/mol. The van der Waals surface area contributed by atoms with Crippen LogP contribution in [-0.4, -0.2) is 10.8 Å². The van der Waals surface area contributed by atoms with Gasteiger partial charge in [-0.25, -0.2) is 4.98 Å². The second kappa shape index (κ2) is 5.47. The summed E-state index contributed by atoms with van der Waals surface area (Å²) in [6.45, 7) is 3.65. The molecule has 0 saturated heterocycles. The van der Waals surface area contributed by atoms with Crippen LogP contribution in [0.3, 0.4) is 0 Å². The van der Waals surface area contributed by atoms with Crippen molar-refractivity contribution in [3.63, 3.8) is 0 Å². The summed E-state index contributed by atoms with van der Waals surface area (Å²) in [5.74, 6) is 0.912. The van der Waals surface area contributed by atoms with E-state index in [0.717, 1.165) is 15.6 Å². The molecule has 0 bridgehead atoms. The predicted molar refractivity (Wildman–Crippen MR) is 72.9 cm³/mol. The van der Waals surface area contributed by atoms with Crippen LogP contribution in [-0.2, 0) is 5.75 Å². The fourth-order valence-corrected chi connectivity index (χ4v) is 3.03. The molecular weight excluding hydrogens is 250 g/mol. The van der Waals surface area contributed by atoms with Crippen molar-refractivity contribution in [2.24, 2.45) is 0 Å². The maximum atomic E-state index is 11.1. The first-order valence-corrected chi connectivity index (χ1v) is 7.10. The number of nitrogens with zero attached hydrogens (tertiary/aromatic N) is 1. The third-order valence-corrected chi connectivity index (χ3v) is 4.59. The minimum atomic E-state index is 0.0917. The number of carbonyl (C=O) groups excluding carboxylic acids is 1. The van der Waals surface area contributed by atoms with Crippen LogP contribution in [0.5, 0.6) is 0 Å². The minimum Gasteiger partial charge on any atom is -0.294 e. The molecule has 1 heterocycles. The zero-order chi connectivity index (χ0) is 12.3. The molecule has 0 aliphatic heterocycles. The van der Waals surface area contributed by atoms with Gasteiger partial charge < -0.3 is 0 Å². The zero-order valence-corrected chi connectivity index (χ0v) is 11.4. The summed E-state index contributed by atoms with van der Waals surface area (Å²) in [7, 11) is 0. The Kier molecular flexibility index (Phi) is 3.97. The Balaban J connectivity index is 1.97. The van der Waals surface area contributed by atoms with Crippen molar-refractivity contribution in [1.29, 1.82) is 0 Å². The van der Waals surface area contributed by atoms with Gasteiger partial charge in [-0.2, -0.15) is 0 Å². The smallest absolute Gasteiger partial charge is 0.171 e. The molecule has 0 aliphatic rings. The maximum absolute atomic E-state index is 11.1. The molecule has 4 heteroatoms. The first-order valence-electron chi connectivity index (χ1n) is 5.30. The number of thioether (sulfide) groups is 1. The van der Waals surface area contributed by atoms with E-state index in [1.807, 2.05) is 0 Å². The minimum absolute atomic E-state index is 0.0917. The normalized spacial score (nSPS) is 10.5. The maximum Gasteiger partial charge on any atom is 0.171 e. The lowest BCUT2D eigenvalue weighted by atomic mass is 10.2. The molecule has 1 aromatic carbocycles. The quantitative estimate of drug-likeness (QED) is 0.618. The number of thiazole rings is 1. The Morgan fingerprint density at radius 1 is 1.35 bits per heavy atom. The van der Waals surface area contributed by atoms with Crippen LogP contribution in [0.15, 0.2) is 35.4 Å². The highest BCUT2D eigenvalue weighted by Crippen LogP contribution is 2.25. The molecule has 0 spiro atoms. The predicted octanol–water partition coefficient (Wildman–Crippen LogP) is 3.95. The second-order valence-corrected chi connectivity index (χ2v) is 5.94. The molecule has 1 aromatic heterocycles. The molecule has 0 amide bonds. The van der Waals surface area contributed by atoms with Gasteiger partial charge in [-0.15, -0.1) is 23.1 Å². The van der Waals surface area contributed by atoms with E-state index >= 15 is 0 Å². The highest BCUT2D eigenvalue weighted by molar-refractivity contribution is 7.98. The lowest BCUT2D eigenvalue weighted by Gasteiger charge is -1.99. The number of hydrogen-bond acceptors (Lipinski definition) is 4. The Morgan fingerprint density at radius 2 is 2.06 bits per heavy atom. The molecular formula is C13H13NOS2. The van der Waals surface area contributed by atoms with Gasteiger partial charge in [0.2, 0.25) is 0 Å². The fourth-order valence-electron chi connectivity index (χ4n) is 1.32. The van der Waals surface area contributed by atoms with Crippen molar-refractivity contribution in [2.75, 3.05) is 0 Å². The van der Waals surface area contributed by atoms with E-state index < -0.39 is 0 Å². The molecule has 0 aliphatic carbocycles. The molecule has 2 nitrogen and oxygen atoms in total. The summed E-state index contributed by atoms with van der Waals surface area (Å²) >= 11 is 3.23. The number of carbonyl (C=O) groups is 1. The van der Waals surface area contributed by atoms with Gasteiger partial charge in [0.1, 0.15) is 5.01 Å². The lowest BCUT2D eigenvalue weighted by Crippen LogP contribution is -1.83. The number of aryl methyl sites for hydroxylation is 1. The number of benzene rings is 1. The number of hydrogen-bond donors (Lipinski definition) is 0. The van der Waals surface area contributed by atoms with E-state index in [1.165, 1.54) is 21.8 Å². The van der Waals surface area contributed by atoms with Crippen molar-refractivity contribution in [2.45, 2.75) is 24.5 Å².